The Kier molecular flexibility index (Phi) is 3.10. The molecule has 4 heteroatoms. The van der Waals surface area contributed by atoms with Gasteiger partial charge in [0.1, 0.15) is 5.75 Å². The van der Waals surface area contributed by atoms with Gasteiger partial charge in [-0.3, -0.25) is 0 Å². The first-order valence-electron chi connectivity index (χ1n) is 5.36. The molecule has 0 bridgehead atoms. The Hall–Kier alpha value is -1.55. The molecule has 1 aromatic heterocycles. The minimum absolute atomic E-state index is 0.0753. The van der Waals surface area contributed by atoms with Gasteiger partial charge in [-0.1, -0.05) is 5.16 Å². The third-order valence-electron chi connectivity index (χ3n) is 2.24. The van der Waals surface area contributed by atoms with Gasteiger partial charge in [0.15, 0.2) is 5.58 Å². The predicted molar refractivity (Wildman–Crippen MR) is 60.6 cm³/mol. The molecule has 0 radical (unpaired) electrons. The van der Waals surface area contributed by atoms with Crippen molar-refractivity contribution < 1.29 is 14.4 Å². The number of aliphatic hydroxyl groups is 1. The summed E-state index contributed by atoms with van der Waals surface area (Å²) in [5.74, 6) is 0.772. The Morgan fingerprint density at radius 2 is 2.25 bits per heavy atom. The fourth-order valence-electron chi connectivity index (χ4n) is 1.60. The number of hydrogen-bond donors (Lipinski definition) is 1. The molecule has 0 aliphatic heterocycles. The van der Waals surface area contributed by atoms with Crippen LogP contribution in [0.4, 0.5) is 0 Å². The molecule has 0 unspecified atom stereocenters. The van der Waals surface area contributed by atoms with E-state index >= 15 is 0 Å². The molecule has 2 rings (SSSR count). The molecule has 0 aliphatic rings. The molecule has 0 aliphatic carbocycles. The summed E-state index contributed by atoms with van der Waals surface area (Å²) in [6.07, 6.45) is 0.648. The fourth-order valence-corrected chi connectivity index (χ4v) is 1.60. The van der Waals surface area contributed by atoms with Crippen LogP contribution in [-0.4, -0.2) is 23.0 Å². The van der Waals surface area contributed by atoms with Crippen molar-refractivity contribution in [1.29, 1.82) is 0 Å². The van der Waals surface area contributed by atoms with E-state index in [1.807, 2.05) is 32.0 Å². The average molecular weight is 221 g/mol. The molecule has 0 amide bonds. The van der Waals surface area contributed by atoms with Crippen LogP contribution in [0.1, 0.15) is 19.5 Å². The van der Waals surface area contributed by atoms with Crippen LogP contribution in [0.3, 0.4) is 0 Å². The molecule has 1 heterocycles. The highest BCUT2D eigenvalue weighted by Gasteiger charge is 2.09. The maximum Gasteiger partial charge on any atom is 0.170 e. The third-order valence-corrected chi connectivity index (χ3v) is 2.24. The lowest BCUT2D eigenvalue weighted by Gasteiger charge is -2.08. The molecule has 4 nitrogen and oxygen atoms in total. The molecule has 0 saturated carbocycles. The van der Waals surface area contributed by atoms with Gasteiger partial charge in [0.2, 0.25) is 0 Å². The summed E-state index contributed by atoms with van der Waals surface area (Å²) in [4.78, 5) is 0. The van der Waals surface area contributed by atoms with Gasteiger partial charge in [-0.2, -0.15) is 0 Å². The van der Waals surface area contributed by atoms with E-state index in [0.29, 0.717) is 12.0 Å². The van der Waals surface area contributed by atoms with Crippen molar-refractivity contribution in [3.8, 4) is 5.75 Å². The number of fused-ring (bicyclic) bond motifs is 1. The van der Waals surface area contributed by atoms with Crippen molar-refractivity contribution in [2.75, 3.05) is 6.61 Å². The lowest BCUT2D eigenvalue weighted by atomic mass is 10.2. The third kappa shape index (κ3) is 2.17. The van der Waals surface area contributed by atoms with Crippen LogP contribution in [0.25, 0.3) is 11.0 Å². The Morgan fingerprint density at radius 3 is 2.94 bits per heavy atom. The molecule has 0 saturated heterocycles. The summed E-state index contributed by atoms with van der Waals surface area (Å²) < 4.78 is 10.7. The summed E-state index contributed by atoms with van der Waals surface area (Å²) in [6, 6.07) is 5.62. The van der Waals surface area contributed by atoms with Crippen molar-refractivity contribution >= 4 is 11.0 Å². The van der Waals surface area contributed by atoms with E-state index in [1.54, 1.807) is 0 Å². The first-order chi connectivity index (χ1) is 7.70. The molecule has 16 heavy (non-hydrogen) atoms. The zero-order chi connectivity index (χ0) is 11.5. The zero-order valence-corrected chi connectivity index (χ0v) is 9.43. The molecule has 1 N–H and O–H groups in total. The van der Waals surface area contributed by atoms with Crippen LogP contribution in [0.2, 0.25) is 0 Å². The van der Waals surface area contributed by atoms with Crippen molar-refractivity contribution in [2.45, 2.75) is 26.4 Å². The highest BCUT2D eigenvalue weighted by Crippen LogP contribution is 2.24. The number of benzene rings is 1. The molecule has 0 fully saturated rings. The Morgan fingerprint density at radius 1 is 1.44 bits per heavy atom. The van der Waals surface area contributed by atoms with E-state index in [9.17, 15) is 0 Å². The number of rotatable bonds is 4. The number of aromatic nitrogens is 1. The Bertz CT molecular complexity index is 476. The minimum Gasteiger partial charge on any atom is -0.491 e. The van der Waals surface area contributed by atoms with Crippen LogP contribution in [-0.2, 0) is 6.42 Å². The molecule has 86 valence electrons. The number of nitrogens with zero attached hydrogens (tertiary/aromatic N) is 1. The van der Waals surface area contributed by atoms with E-state index in [-0.39, 0.29) is 12.7 Å². The number of ether oxygens (including phenoxy) is 1. The number of hydrogen-bond acceptors (Lipinski definition) is 4. The van der Waals surface area contributed by atoms with Crippen LogP contribution >= 0.6 is 0 Å². The van der Waals surface area contributed by atoms with Gasteiger partial charge in [0.05, 0.1) is 11.8 Å². The van der Waals surface area contributed by atoms with E-state index in [4.69, 9.17) is 14.4 Å². The lowest BCUT2D eigenvalue weighted by Crippen LogP contribution is -2.05. The van der Waals surface area contributed by atoms with Crippen molar-refractivity contribution in [3.63, 3.8) is 0 Å². The first kappa shape index (κ1) is 11.0. The monoisotopic (exact) mass is 221 g/mol. The van der Waals surface area contributed by atoms with E-state index < -0.39 is 0 Å². The van der Waals surface area contributed by atoms with Crippen molar-refractivity contribution in [3.05, 3.63) is 23.9 Å². The maximum absolute atomic E-state index is 8.86. The van der Waals surface area contributed by atoms with Crippen LogP contribution in [0, 0.1) is 0 Å². The summed E-state index contributed by atoms with van der Waals surface area (Å²) in [5, 5.41) is 13.7. The molecule has 2 aromatic rings. The number of aliphatic hydroxyl groups excluding tert-OH is 1. The Balaban J connectivity index is 2.33. The SMILES string of the molecule is CC(C)Oc1ccc2c(CCO)noc2c1. The normalized spacial score (nSPS) is 11.2. The zero-order valence-electron chi connectivity index (χ0n) is 9.43. The molecule has 0 spiro atoms. The second-order valence-corrected chi connectivity index (χ2v) is 3.93. The largest absolute Gasteiger partial charge is 0.491 e. The smallest absolute Gasteiger partial charge is 0.170 e. The molecule has 0 atom stereocenters. The van der Waals surface area contributed by atoms with E-state index in [1.165, 1.54) is 0 Å². The van der Waals surface area contributed by atoms with Gasteiger partial charge >= 0.3 is 0 Å². The van der Waals surface area contributed by atoms with Gasteiger partial charge in [-0.05, 0) is 26.0 Å². The van der Waals surface area contributed by atoms with Crippen LogP contribution in [0.15, 0.2) is 22.7 Å². The first-order valence-corrected chi connectivity index (χ1v) is 5.36. The minimum atomic E-state index is 0.0753. The summed E-state index contributed by atoms with van der Waals surface area (Å²) in [6.45, 7) is 4.02. The van der Waals surface area contributed by atoms with Crippen molar-refractivity contribution in [1.82, 2.24) is 5.16 Å². The highest BCUT2D eigenvalue weighted by molar-refractivity contribution is 5.80. The second kappa shape index (κ2) is 4.53. The van der Waals surface area contributed by atoms with Gasteiger partial charge in [-0.25, -0.2) is 0 Å². The van der Waals surface area contributed by atoms with Gasteiger partial charge in [0, 0.05) is 24.5 Å². The topological polar surface area (TPSA) is 55.5 Å². The highest BCUT2D eigenvalue weighted by atomic mass is 16.5. The molecular weight excluding hydrogens is 206 g/mol. The van der Waals surface area contributed by atoms with Gasteiger partial charge in [0.25, 0.3) is 0 Å². The van der Waals surface area contributed by atoms with Crippen molar-refractivity contribution in [2.24, 2.45) is 0 Å². The van der Waals surface area contributed by atoms with E-state index in [2.05, 4.69) is 5.16 Å². The summed E-state index contributed by atoms with van der Waals surface area (Å²) >= 11 is 0. The quantitative estimate of drug-likeness (QED) is 0.859. The van der Waals surface area contributed by atoms with Crippen LogP contribution in [0.5, 0.6) is 5.75 Å². The summed E-state index contributed by atoms with van der Waals surface area (Å²) in [5.41, 5.74) is 1.48. The standard InChI is InChI=1S/C12H15NO3/c1-8(2)15-9-3-4-10-11(5-6-14)13-16-12(10)7-9/h3-4,7-8,14H,5-6H2,1-2H3. The van der Waals surface area contributed by atoms with E-state index in [0.717, 1.165) is 16.8 Å². The van der Waals surface area contributed by atoms with Crippen LogP contribution < -0.4 is 4.74 Å². The van der Waals surface area contributed by atoms with Gasteiger partial charge < -0.3 is 14.4 Å². The second-order valence-electron chi connectivity index (χ2n) is 3.93. The maximum atomic E-state index is 8.86. The average Bonchev–Trinajstić information content (AvgIpc) is 2.61. The fraction of sp³-hybridized carbons (Fsp3) is 0.417. The predicted octanol–water partition coefficient (Wildman–Crippen LogP) is 2.15. The Labute approximate surface area is 93.8 Å². The van der Waals surface area contributed by atoms with Gasteiger partial charge in [-0.15, -0.1) is 0 Å². The summed E-state index contributed by atoms with van der Waals surface area (Å²) in [7, 11) is 0. The lowest BCUT2D eigenvalue weighted by molar-refractivity contribution is 0.242. The molecule has 1 aromatic carbocycles. The molecular formula is C12H15NO3.